The second kappa shape index (κ2) is 10.3. The maximum atomic E-state index is 12.2. The van der Waals surface area contributed by atoms with Crippen LogP contribution in [0.2, 0.25) is 0 Å². The van der Waals surface area contributed by atoms with Gasteiger partial charge >= 0.3 is 0 Å². The van der Waals surface area contributed by atoms with Gasteiger partial charge in [-0.2, -0.15) is 0 Å². The molecular weight excluding hydrogens is 362 g/mol. The number of hydrogen-bond donors (Lipinski definition) is 1. The Hall–Kier alpha value is -2.53. The fourth-order valence-corrected chi connectivity index (χ4v) is 3.82. The Morgan fingerprint density at radius 1 is 1.03 bits per heavy atom. The molecule has 5 nitrogen and oxygen atoms in total. The molecule has 2 aromatic carbocycles. The molecule has 2 aromatic rings. The van der Waals surface area contributed by atoms with Gasteiger partial charge in [-0.1, -0.05) is 18.2 Å². The van der Waals surface area contributed by atoms with Crippen LogP contribution in [0.25, 0.3) is 0 Å². The molecule has 5 heteroatoms. The van der Waals surface area contributed by atoms with E-state index in [1.54, 1.807) is 13.2 Å². The summed E-state index contributed by atoms with van der Waals surface area (Å²) in [7, 11) is 1.61. The van der Waals surface area contributed by atoms with E-state index in [1.807, 2.05) is 18.2 Å². The molecule has 156 valence electrons. The molecule has 1 aliphatic rings. The van der Waals surface area contributed by atoms with E-state index >= 15 is 0 Å². The number of ether oxygens (including phenoxy) is 1. The lowest BCUT2D eigenvalue weighted by Gasteiger charge is -2.37. The van der Waals surface area contributed by atoms with E-state index in [4.69, 9.17) is 4.74 Å². The average Bonchev–Trinajstić information content (AvgIpc) is 2.76. The molecule has 29 heavy (non-hydrogen) atoms. The summed E-state index contributed by atoms with van der Waals surface area (Å²) < 4.78 is 5.17. The summed E-state index contributed by atoms with van der Waals surface area (Å²) in [5, 5.41) is 3.01. The van der Waals surface area contributed by atoms with Crippen molar-refractivity contribution in [1.29, 1.82) is 0 Å². The summed E-state index contributed by atoms with van der Waals surface area (Å²) in [4.78, 5) is 17.3. The quantitative estimate of drug-likeness (QED) is 0.693. The largest absolute Gasteiger partial charge is 0.497 e. The van der Waals surface area contributed by atoms with E-state index in [0.29, 0.717) is 17.9 Å². The molecule has 1 amide bonds. The van der Waals surface area contributed by atoms with E-state index in [0.717, 1.165) is 45.6 Å². The van der Waals surface area contributed by atoms with E-state index in [1.165, 1.54) is 16.8 Å². The van der Waals surface area contributed by atoms with E-state index < -0.39 is 0 Å². The minimum atomic E-state index is -0.0361. The summed E-state index contributed by atoms with van der Waals surface area (Å²) in [6.45, 7) is 10.6. The summed E-state index contributed by atoms with van der Waals surface area (Å²) in [5.41, 5.74) is 4.78. The first-order valence-electron chi connectivity index (χ1n) is 10.5. The minimum Gasteiger partial charge on any atom is -0.497 e. The van der Waals surface area contributed by atoms with Gasteiger partial charge in [-0.3, -0.25) is 9.69 Å². The number of anilines is 1. The number of aryl methyl sites for hydroxylation is 1. The van der Waals surface area contributed by atoms with Gasteiger partial charge in [0.05, 0.1) is 7.11 Å². The smallest absolute Gasteiger partial charge is 0.251 e. The number of unbranched alkanes of at least 4 members (excludes halogenated alkanes) is 1. The lowest BCUT2D eigenvalue weighted by atomic mass is 10.1. The van der Waals surface area contributed by atoms with Crippen molar-refractivity contribution in [3.05, 3.63) is 59.2 Å². The first-order valence-corrected chi connectivity index (χ1v) is 10.5. The Balaban J connectivity index is 1.34. The number of rotatable bonds is 8. The molecule has 1 heterocycles. The summed E-state index contributed by atoms with van der Waals surface area (Å²) in [6, 6.07) is 13.8. The maximum absolute atomic E-state index is 12.2. The van der Waals surface area contributed by atoms with Crippen LogP contribution in [0, 0.1) is 13.8 Å². The highest BCUT2D eigenvalue weighted by molar-refractivity contribution is 5.94. The van der Waals surface area contributed by atoms with Crippen LogP contribution in [0.4, 0.5) is 5.69 Å². The Bertz CT molecular complexity index is 814. The van der Waals surface area contributed by atoms with Crippen molar-refractivity contribution in [1.82, 2.24) is 10.2 Å². The van der Waals surface area contributed by atoms with Gasteiger partial charge in [0.2, 0.25) is 0 Å². The third-order valence-corrected chi connectivity index (χ3v) is 5.81. The second-order valence-electron chi connectivity index (χ2n) is 7.74. The van der Waals surface area contributed by atoms with Gasteiger partial charge in [0.1, 0.15) is 5.75 Å². The molecule has 0 atom stereocenters. The van der Waals surface area contributed by atoms with Crippen LogP contribution in [0.5, 0.6) is 5.75 Å². The van der Waals surface area contributed by atoms with Gasteiger partial charge in [-0.05, 0) is 68.6 Å². The Morgan fingerprint density at radius 3 is 2.55 bits per heavy atom. The SMILES string of the molecule is COc1cccc(C(=O)NCCCCN2CCN(c3cccc(C)c3C)CC2)c1. The predicted molar refractivity (Wildman–Crippen MR) is 119 cm³/mol. The Morgan fingerprint density at radius 2 is 1.79 bits per heavy atom. The summed E-state index contributed by atoms with van der Waals surface area (Å²) in [5.74, 6) is 0.670. The van der Waals surface area contributed by atoms with Crippen molar-refractivity contribution >= 4 is 11.6 Å². The zero-order valence-corrected chi connectivity index (χ0v) is 17.9. The highest BCUT2D eigenvalue weighted by Crippen LogP contribution is 2.23. The van der Waals surface area contributed by atoms with Crippen LogP contribution in [0.1, 0.15) is 34.3 Å². The molecule has 1 aliphatic heterocycles. The number of carbonyl (C=O) groups is 1. The standard InChI is InChI=1S/C24H33N3O2/c1-19-8-6-11-23(20(19)2)27-16-14-26(15-17-27)13-5-4-12-25-24(28)21-9-7-10-22(18-21)29-3/h6-11,18H,4-5,12-17H2,1-3H3,(H,25,28). The fraction of sp³-hybridized carbons (Fsp3) is 0.458. The molecule has 3 rings (SSSR count). The van der Waals surface area contributed by atoms with Gasteiger partial charge in [0.15, 0.2) is 0 Å². The Labute approximate surface area is 174 Å². The lowest BCUT2D eigenvalue weighted by molar-refractivity contribution is 0.0952. The van der Waals surface area contributed by atoms with Crippen LogP contribution in [-0.2, 0) is 0 Å². The van der Waals surface area contributed by atoms with Gasteiger partial charge in [-0.15, -0.1) is 0 Å². The molecule has 0 unspecified atom stereocenters. The first-order chi connectivity index (χ1) is 14.1. The van der Waals surface area contributed by atoms with Gasteiger partial charge in [0, 0.05) is 44.0 Å². The van der Waals surface area contributed by atoms with Crippen LogP contribution < -0.4 is 15.0 Å². The zero-order valence-electron chi connectivity index (χ0n) is 17.9. The average molecular weight is 396 g/mol. The predicted octanol–water partition coefficient (Wildman–Crippen LogP) is 3.64. The van der Waals surface area contributed by atoms with Crippen molar-refractivity contribution in [3.8, 4) is 5.75 Å². The molecular formula is C24H33N3O2. The van der Waals surface area contributed by atoms with Crippen LogP contribution in [-0.4, -0.2) is 57.2 Å². The number of methoxy groups -OCH3 is 1. The van der Waals surface area contributed by atoms with Crippen LogP contribution in [0.15, 0.2) is 42.5 Å². The zero-order chi connectivity index (χ0) is 20.6. The first kappa shape index (κ1) is 21.2. The molecule has 0 saturated carbocycles. The summed E-state index contributed by atoms with van der Waals surface area (Å²) >= 11 is 0. The number of benzene rings is 2. The van der Waals surface area contributed by atoms with E-state index in [-0.39, 0.29) is 5.91 Å². The van der Waals surface area contributed by atoms with Crippen molar-refractivity contribution in [2.75, 3.05) is 51.3 Å². The second-order valence-corrected chi connectivity index (χ2v) is 7.74. The minimum absolute atomic E-state index is 0.0361. The van der Waals surface area contributed by atoms with Gasteiger partial charge in [0.25, 0.3) is 5.91 Å². The van der Waals surface area contributed by atoms with Crippen molar-refractivity contribution in [3.63, 3.8) is 0 Å². The molecule has 1 N–H and O–H groups in total. The van der Waals surface area contributed by atoms with E-state index in [2.05, 4.69) is 47.2 Å². The molecule has 1 saturated heterocycles. The number of nitrogens with one attached hydrogen (secondary N) is 1. The molecule has 1 fully saturated rings. The normalized spacial score (nSPS) is 14.7. The molecule has 0 aliphatic carbocycles. The molecule has 0 radical (unpaired) electrons. The van der Waals surface area contributed by atoms with Crippen LogP contribution in [0.3, 0.4) is 0 Å². The number of nitrogens with zero attached hydrogens (tertiary/aromatic N) is 2. The maximum Gasteiger partial charge on any atom is 0.251 e. The highest BCUT2D eigenvalue weighted by Gasteiger charge is 2.18. The van der Waals surface area contributed by atoms with E-state index in [9.17, 15) is 4.79 Å². The summed E-state index contributed by atoms with van der Waals surface area (Å²) in [6.07, 6.45) is 2.09. The van der Waals surface area contributed by atoms with Crippen molar-refractivity contribution in [2.24, 2.45) is 0 Å². The molecule has 0 bridgehead atoms. The highest BCUT2D eigenvalue weighted by atomic mass is 16.5. The third kappa shape index (κ3) is 5.73. The van der Waals surface area contributed by atoms with Crippen molar-refractivity contribution < 1.29 is 9.53 Å². The number of carbonyl (C=O) groups excluding carboxylic acids is 1. The fourth-order valence-electron chi connectivity index (χ4n) is 3.82. The molecule has 0 spiro atoms. The molecule has 0 aromatic heterocycles. The number of hydrogen-bond acceptors (Lipinski definition) is 4. The number of piperazine rings is 1. The monoisotopic (exact) mass is 395 g/mol. The lowest BCUT2D eigenvalue weighted by Crippen LogP contribution is -2.47. The third-order valence-electron chi connectivity index (χ3n) is 5.81. The topological polar surface area (TPSA) is 44.8 Å². The van der Waals surface area contributed by atoms with Gasteiger partial charge < -0.3 is 15.0 Å². The Kier molecular flexibility index (Phi) is 7.53. The number of amides is 1. The van der Waals surface area contributed by atoms with Crippen LogP contribution >= 0.6 is 0 Å². The van der Waals surface area contributed by atoms with Crippen molar-refractivity contribution in [2.45, 2.75) is 26.7 Å². The van der Waals surface area contributed by atoms with Gasteiger partial charge in [-0.25, -0.2) is 0 Å².